The van der Waals surface area contributed by atoms with E-state index in [1.165, 1.54) is 32.1 Å². The molecular weight excluding hydrogens is 288 g/mol. The summed E-state index contributed by atoms with van der Waals surface area (Å²) >= 11 is 0. The van der Waals surface area contributed by atoms with Crippen molar-refractivity contribution in [2.24, 2.45) is 17.3 Å². The van der Waals surface area contributed by atoms with Gasteiger partial charge >= 0.3 is 0 Å². The minimum absolute atomic E-state index is 0.202. The van der Waals surface area contributed by atoms with Crippen LogP contribution in [0.4, 0.5) is 0 Å². The number of rotatable bonds is 6. The number of likely N-dealkylation sites (tertiary alicyclic amines) is 1. The van der Waals surface area contributed by atoms with Gasteiger partial charge in [-0.25, -0.2) is 0 Å². The zero-order chi connectivity index (χ0) is 15.7. The minimum Gasteiger partial charge on any atom is -0.375 e. The molecule has 23 heavy (non-hydrogen) atoms. The fraction of sp³-hybridized carbons (Fsp3) is 0.684. The second-order valence-electron chi connectivity index (χ2n) is 7.69. The first kappa shape index (κ1) is 15.1. The molecule has 1 amide bonds. The van der Waals surface area contributed by atoms with Gasteiger partial charge in [-0.2, -0.15) is 0 Å². The Morgan fingerprint density at radius 2 is 2.26 bits per heavy atom. The number of pyridine rings is 1. The Labute approximate surface area is 138 Å². The van der Waals surface area contributed by atoms with E-state index in [9.17, 15) is 4.79 Å². The van der Waals surface area contributed by atoms with E-state index in [0.29, 0.717) is 24.3 Å². The largest absolute Gasteiger partial charge is 0.375 e. The van der Waals surface area contributed by atoms with E-state index in [0.717, 1.165) is 31.8 Å². The lowest BCUT2D eigenvalue weighted by atomic mass is 9.81. The first-order chi connectivity index (χ1) is 11.3. The zero-order valence-corrected chi connectivity index (χ0v) is 13.7. The number of aromatic nitrogens is 1. The molecular formula is C19H26N2O2. The molecule has 4 rings (SSSR count). The van der Waals surface area contributed by atoms with Gasteiger partial charge in [0.2, 0.25) is 5.91 Å². The third-order valence-electron chi connectivity index (χ3n) is 5.92. The van der Waals surface area contributed by atoms with Gasteiger partial charge < -0.3 is 9.64 Å². The highest BCUT2D eigenvalue weighted by molar-refractivity contribution is 5.77. The first-order valence-electron chi connectivity index (χ1n) is 9.01. The van der Waals surface area contributed by atoms with Crippen LogP contribution in [0.2, 0.25) is 0 Å². The number of carbonyl (C=O) groups is 1. The van der Waals surface area contributed by atoms with Crippen LogP contribution >= 0.6 is 0 Å². The van der Waals surface area contributed by atoms with Crippen LogP contribution in [0.15, 0.2) is 24.4 Å². The summed E-state index contributed by atoms with van der Waals surface area (Å²) in [5.74, 6) is 1.69. The van der Waals surface area contributed by atoms with Crippen molar-refractivity contribution in [3.63, 3.8) is 0 Å². The Hall–Kier alpha value is -1.42. The van der Waals surface area contributed by atoms with Crippen LogP contribution in [0.3, 0.4) is 0 Å². The first-order valence-corrected chi connectivity index (χ1v) is 9.01. The van der Waals surface area contributed by atoms with Gasteiger partial charge in [0, 0.05) is 31.1 Å². The molecule has 1 aliphatic heterocycles. The van der Waals surface area contributed by atoms with Crippen LogP contribution in [0.25, 0.3) is 0 Å². The molecule has 2 saturated carbocycles. The minimum atomic E-state index is 0.202. The van der Waals surface area contributed by atoms with Crippen molar-refractivity contribution in [2.45, 2.75) is 45.1 Å². The summed E-state index contributed by atoms with van der Waals surface area (Å²) < 4.78 is 6.03. The van der Waals surface area contributed by atoms with Crippen molar-refractivity contribution in [1.29, 1.82) is 0 Å². The molecule has 2 atom stereocenters. The van der Waals surface area contributed by atoms with E-state index >= 15 is 0 Å². The van der Waals surface area contributed by atoms with Gasteiger partial charge in [0.25, 0.3) is 0 Å². The highest BCUT2D eigenvalue weighted by Crippen LogP contribution is 2.49. The molecule has 0 spiro atoms. The van der Waals surface area contributed by atoms with Crippen LogP contribution < -0.4 is 0 Å². The Kier molecular flexibility index (Phi) is 4.10. The number of ether oxygens (including phenoxy) is 1. The second-order valence-corrected chi connectivity index (χ2v) is 7.69. The molecule has 3 fully saturated rings. The molecule has 1 aromatic heterocycles. The van der Waals surface area contributed by atoms with E-state index in [-0.39, 0.29) is 5.41 Å². The highest BCUT2D eigenvalue weighted by Gasteiger charge is 2.50. The number of carbonyl (C=O) groups excluding carboxylic acids is 1. The molecule has 1 saturated heterocycles. The second kappa shape index (κ2) is 6.23. The third kappa shape index (κ3) is 3.27. The highest BCUT2D eigenvalue weighted by atomic mass is 16.5. The molecule has 4 heteroatoms. The van der Waals surface area contributed by atoms with Crippen molar-refractivity contribution in [2.75, 3.05) is 19.7 Å². The molecule has 3 aliphatic rings. The van der Waals surface area contributed by atoms with Crippen molar-refractivity contribution in [3.05, 3.63) is 30.1 Å². The molecule has 0 unspecified atom stereocenters. The monoisotopic (exact) mass is 314 g/mol. The smallest absolute Gasteiger partial charge is 0.222 e. The molecule has 0 N–H and O–H groups in total. The number of fused-ring (bicyclic) bond motifs is 1. The van der Waals surface area contributed by atoms with Gasteiger partial charge in [-0.15, -0.1) is 0 Å². The van der Waals surface area contributed by atoms with E-state index in [4.69, 9.17) is 4.74 Å². The lowest BCUT2D eigenvalue weighted by molar-refractivity contribution is -0.131. The van der Waals surface area contributed by atoms with Crippen molar-refractivity contribution < 1.29 is 9.53 Å². The SMILES string of the molecule is O=C(CC1CC1)N1C[C@H]2CCC[C@@]2(COCc2ccccn2)C1. The lowest BCUT2D eigenvalue weighted by Crippen LogP contribution is -2.34. The Morgan fingerprint density at radius 1 is 1.35 bits per heavy atom. The van der Waals surface area contributed by atoms with Crippen LogP contribution in [0, 0.1) is 17.3 Å². The number of nitrogens with zero attached hydrogens (tertiary/aromatic N) is 2. The number of hydrogen-bond acceptors (Lipinski definition) is 3. The maximum absolute atomic E-state index is 12.4. The van der Waals surface area contributed by atoms with Crippen molar-refractivity contribution in [3.8, 4) is 0 Å². The maximum Gasteiger partial charge on any atom is 0.222 e. The van der Waals surface area contributed by atoms with Crippen LogP contribution in [0.5, 0.6) is 0 Å². The molecule has 4 nitrogen and oxygen atoms in total. The van der Waals surface area contributed by atoms with E-state index < -0.39 is 0 Å². The summed E-state index contributed by atoms with van der Waals surface area (Å²) in [6.07, 6.45) is 8.82. The Morgan fingerprint density at radius 3 is 3.04 bits per heavy atom. The van der Waals surface area contributed by atoms with Gasteiger partial charge in [0.05, 0.1) is 18.9 Å². The van der Waals surface area contributed by atoms with Gasteiger partial charge in [0.15, 0.2) is 0 Å². The van der Waals surface area contributed by atoms with E-state index in [1.54, 1.807) is 0 Å². The fourth-order valence-electron chi connectivity index (χ4n) is 4.38. The maximum atomic E-state index is 12.4. The summed E-state index contributed by atoms with van der Waals surface area (Å²) in [6.45, 7) is 3.21. The lowest BCUT2D eigenvalue weighted by Gasteiger charge is -2.28. The number of amides is 1. The van der Waals surface area contributed by atoms with E-state index in [2.05, 4.69) is 9.88 Å². The van der Waals surface area contributed by atoms with Crippen molar-refractivity contribution in [1.82, 2.24) is 9.88 Å². The van der Waals surface area contributed by atoms with Crippen LogP contribution in [-0.2, 0) is 16.1 Å². The van der Waals surface area contributed by atoms with Crippen molar-refractivity contribution >= 4 is 5.91 Å². The molecule has 2 aliphatic carbocycles. The Bertz CT molecular complexity index is 558. The summed E-state index contributed by atoms with van der Waals surface area (Å²) in [7, 11) is 0. The molecule has 0 bridgehead atoms. The topological polar surface area (TPSA) is 42.4 Å². The van der Waals surface area contributed by atoms with Crippen LogP contribution in [0.1, 0.15) is 44.2 Å². The van der Waals surface area contributed by atoms with E-state index in [1.807, 2.05) is 24.4 Å². The predicted molar refractivity (Wildman–Crippen MR) is 87.6 cm³/mol. The zero-order valence-electron chi connectivity index (χ0n) is 13.7. The summed E-state index contributed by atoms with van der Waals surface area (Å²) in [5.41, 5.74) is 1.19. The normalized spacial score (nSPS) is 29.7. The molecule has 124 valence electrons. The third-order valence-corrected chi connectivity index (χ3v) is 5.92. The quantitative estimate of drug-likeness (QED) is 0.810. The molecule has 0 aromatic carbocycles. The van der Waals surface area contributed by atoms with Gasteiger partial charge in [0.1, 0.15) is 0 Å². The van der Waals surface area contributed by atoms with Gasteiger partial charge in [-0.05, 0) is 49.7 Å². The summed E-state index contributed by atoms with van der Waals surface area (Å²) in [4.78, 5) is 18.9. The Balaban J connectivity index is 1.34. The molecule has 2 heterocycles. The average molecular weight is 314 g/mol. The standard InChI is InChI=1S/C19H26N2O2/c22-18(10-15-6-7-15)21-11-16-4-3-8-19(16,13-21)14-23-12-17-5-1-2-9-20-17/h1-2,5,9,15-16H,3-4,6-8,10-14H2/t16-,19+/m1/s1. The molecule has 1 aromatic rings. The molecule has 0 radical (unpaired) electrons. The van der Waals surface area contributed by atoms with Gasteiger partial charge in [-0.3, -0.25) is 9.78 Å². The summed E-state index contributed by atoms with van der Waals surface area (Å²) in [6, 6.07) is 5.93. The average Bonchev–Trinajstić information content (AvgIpc) is 3.17. The van der Waals surface area contributed by atoms with Gasteiger partial charge in [-0.1, -0.05) is 12.5 Å². The number of hydrogen-bond donors (Lipinski definition) is 0. The van der Waals surface area contributed by atoms with Crippen LogP contribution in [-0.4, -0.2) is 35.5 Å². The fourth-order valence-corrected chi connectivity index (χ4v) is 4.38. The summed E-state index contributed by atoms with van der Waals surface area (Å²) in [5, 5.41) is 0. The predicted octanol–water partition coefficient (Wildman–Crippen LogP) is 3.03.